The number of fused-ring (bicyclic) bond motifs is 3. The number of nitrogens with zero attached hydrogens (tertiary/aromatic N) is 4. The molecule has 0 saturated heterocycles. The van der Waals surface area contributed by atoms with Crippen LogP contribution in [0.15, 0.2) is 176 Å². The fourth-order valence-electron chi connectivity index (χ4n) is 7.20. The van der Waals surface area contributed by atoms with Crippen molar-refractivity contribution in [3.8, 4) is 62.1 Å². The fourth-order valence-corrected chi connectivity index (χ4v) is 7.20. The summed E-state index contributed by atoms with van der Waals surface area (Å²) >= 11 is 0. The van der Waals surface area contributed by atoms with E-state index >= 15 is 0 Å². The van der Waals surface area contributed by atoms with Gasteiger partial charge < -0.3 is 4.57 Å². The predicted octanol–water partition coefficient (Wildman–Crippen LogP) is 15.1. The number of alkyl halides is 6. The Morgan fingerprint density at radius 2 is 0.903 bits per heavy atom. The molecule has 7 aromatic carbocycles. The van der Waals surface area contributed by atoms with Gasteiger partial charge in [0, 0.05) is 33.0 Å². The summed E-state index contributed by atoms with van der Waals surface area (Å²) in [5.41, 5.74) is 2.73. The van der Waals surface area contributed by atoms with Crippen LogP contribution in [-0.4, -0.2) is 19.5 Å². The summed E-state index contributed by atoms with van der Waals surface area (Å²) in [5.74, 6) is 0.886. The van der Waals surface area contributed by atoms with Gasteiger partial charge in [0.2, 0.25) is 0 Å². The van der Waals surface area contributed by atoms with Gasteiger partial charge in [0.1, 0.15) is 5.82 Å². The van der Waals surface area contributed by atoms with Crippen LogP contribution in [0, 0.1) is 5.82 Å². The van der Waals surface area contributed by atoms with E-state index in [0.717, 1.165) is 23.3 Å². The summed E-state index contributed by atoms with van der Waals surface area (Å²) in [6, 6.07) is 44.5. The first kappa shape index (κ1) is 41.3. The smallest absolute Gasteiger partial charge is 0.309 e. The summed E-state index contributed by atoms with van der Waals surface area (Å²) < 4.78 is 99.4. The number of allylic oxidation sites excluding steroid dienone is 2. The molecule has 0 aliphatic rings. The van der Waals surface area contributed by atoms with Crippen LogP contribution in [0.4, 0.5) is 30.7 Å². The summed E-state index contributed by atoms with van der Waals surface area (Å²) in [6.45, 7) is 4.00. The average Bonchev–Trinajstić information content (AvgIpc) is 3.62. The highest BCUT2D eigenvalue weighted by Gasteiger charge is 2.37. The van der Waals surface area contributed by atoms with Gasteiger partial charge in [-0.25, -0.2) is 19.3 Å². The molecule has 0 N–H and O–H groups in total. The van der Waals surface area contributed by atoms with Crippen LogP contribution in [0.5, 0.6) is 0 Å². The van der Waals surface area contributed by atoms with Crippen molar-refractivity contribution in [2.24, 2.45) is 0 Å². The lowest BCUT2D eigenvalue weighted by Gasteiger charge is -2.17. The predicted molar refractivity (Wildman–Crippen MR) is 232 cm³/mol. The number of hydrogen-bond donors (Lipinski definition) is 0. The standard InChI is InChI=1S/C47H27F7N4.C4H8/c48-36-19-15-28(16-20-36)37-21-17-32(45-56-43(29-9-3-1-4-10-29)55-44(57-45)30-11-5-2-6-12-30)26-42(37)58-40-14-8-7-13-38(40)39-25-31(18-22-41(39)58)33-23-34(46(49,50)51)27-35(24-33)47(52,53)54;1-3-4-2/h1-27H;3-4H,1-2H3/b;4-3+. The second-order valence-electron chi connectivity index (χ2n) is 14.3. The molecule has 9 aromatic rings. The fraction of sp³-hybridized carbons (Fsp3) is 0.0784. The number of rotatable bonds is 6. The van der Waals surface area contributed by atoms with E-state index in [1.165, 1.54) is 18.2 Å². The van der Waals surface area contributed by atoms with Crippen LogP contribution in [0.2, 0.25) is 0 Å². The Kier molecular flexibility index (Phi) is 11.3. The lowest BCUT2D eigenvalue weighted by molar-refractivity contribution is -0.143. The summed E-state index contributed by atoms with van der Waals surface area (Å²) in [6.07, 6.45) is -6.00. The van der Waals surface area contributed by atoms with Gasteiger partial charge in [-0.15, -0.1) is 0 Å². The molecule has 0 saturated carbocycles. The number of hydrogen-bond acceptors (Lipinski definition) is 3. The molecule has 62 heavy (non-hydrogen) atoms. The van der Waals surface area contributed by atoms with Gasteiger partial charge in [-0.1, -0.05) is 121 Å². The van der Waals surface area contributed by atoms with E-state index in [4.69, 9.17) is 15.0 Å². The van der Waals surface area contributed by atoms with Gasteiger partial charge in [0.05, 0.1) is 27.8 Å². The number of benzene rings is 7. The number of aromatic nitrogens is 4. The SMILES string of the molecule is C/C=C/C.Fc1ccc(-c2ccc(-c3nc(-c4ccccc4)nc(-c4ccccc4)n3)cc2-n2c3ccccc3c3cc(-c4cc(C(F)(F)F)cc(C(F)(F)F)c4)ccc32)cc1. The molecule has 0 amide bonds. The maximum atomic E-state index is 14.2. The second kappa shape index (κ2) is 16.9. The molecule has 4 nitrogen and oxygen atoms in total. The highest BCUT2D eigenvalue weighted by atomic mass is 19.4. The molecule has 0 atom stereocenters. The van der Waals surface area contributed by atoms with Crippen LogP contribution >= 0.6 is 0 Å². The van der Waals surface area contributed by atoms with Gasteiger partial charge >= 0.3 is 12.4 Å². The zero-order chi connectivity index (χ0) is 43.6. The van der Waals surface area contributed by atoms with Crippen molar-refractivity contribution in [2.45, 2.75) is 26.2 Å². The van der Waals surface area contributed by atoms with E-state index in [1.807, 2.05) is 134 Å². The Bertz CT molecular complexity index is 2970. The monoisotopic (exact) mass is 836 g/mol. The first-order valence-electron chi connectivity index (χ1n) is 19.5. The van der Waals surface area contributed by atoms with Crippen molar-refractivity contribution in [1.29, 1.82) is 0 Å². The molecule has 0 fully saturated rings. The summed E-state index contributed by atoms with van der Waals surface area (Å²) in [4.78, 5) is 14.6. The molecule has 2 heterocycles. The molecule has 11 heteroatoms. The molecule has 0 radical (unpaired) electrons. The third-order valence-electron chi connectivity index (χ3n) is 10.3. The largest absolute Gasteiger partial charge is 0.416 e. The molecule has 0 unspecified atom stereocenters. The lowest BCUT2D eigenvalue weighted by Crippen LogP contribution is -2.11. The van der Waals surface area contributed by atoms with Gasteiger partial charge in [-0.3, -0.25) is 0 Å². The molecule has 2 aromatic heterocycles. The Morgan fingerprint density at radius 1 is 0.419 bits per heavy atom. The molecule has 0 spiro atoms. The molecule has 308 valence electrons. The van der Waals surface area contributed by atoms with Gasteiger partial charge in [-0.2, -0.15) is 26.3 Å². The van der Waals surface area contributed by atoms with Crippen LogP contribution in [-0.2, 0) is 12.4 Å². The minimum Gasteiger partial charge on any atom is -0.309 e. The maximum Gasteiger partial charge on any atom is 0.416 e. The molecule has 9 rings (SSSR count). The first-order valence-corrected chi connectivity index (χ1v) is 19.5. The highest BCUT2D eigenvalue weighted by Crippen LogP contribution is 2.42. The summed E-state index contributed by atoms with van der Waals surface area (Å²) in [7, 11) is 0. The zero-order valence-electron chi connectivity index (χ0n) is 33.2. The Balaban J connectivity index is 0.00000127. The molecule has 0 bridgehead atoms. The van der Waals surface area contributed by atoms with E-state index in [0.29, 0.717) is 61.7 Å². The lowest BCUT2D eigenvalue weighted by atomic mass is 9.97. The molecular weight excluding hydrogens is 802 g/mol. The minimum atomic E-state index is -5.00. The third kappa shape index (κ3) is 8.47. The first-order chi connectivity index (χ1) is 29.8. The van der Waals surface area contributed by atoms with Gasteiger partial charge in [0.25, 0.3) is 0 Å². The van der Waals surface area contributed by atoms with Gasteiger partial charge in [-0.05, 0) is 85.1 Å². The van der Waals surface area contributed by atoms with Crippen LogP contribution < -0.4 is 0 Å². The van der Waals surface area contributed by atoms with Crippen molar-refractivity contribution in [3.05, 3.63) is 193 Å². The molecular formula is C51H35F7N4. The van der Waals surface area contributed by atoms with Gasteiger partial charge in [0.15, 0.2) is 17.5 Å². The van der Waals surface area contributed by atoms with E-state index in [2.05, 4.69) is 0 Å². The number of halogens is 7. The van der Waals surface area contributed by atoms with Crippen molar-refractivity contribution in [1.82, 2.24) is 19.5 Å². The quantitative estimate of drug-likeness (QED) is 0.124. The van der Waals surface area contributed by atoms with Crippen LogP contribution in [0.3, 0.4) is 0 Å². The van der Waals surface area contributed by atoms with Crippen molar-refractivity contribution < 1.29 is 30.7 Å². The van der Waals surface area contributed by atoms with Crippen LogP contribution in [0.25, 0.3) is 83.9 Å². The van der Waals surface area contributed by atoms with Crippen molar-refractivity contribution in [3.63, 3.8) is 0 Å². The maximum absolute atomic E-state index is 14.2. The van der Waals surface area contributed by atoms with Crippen molar-refractivity contribution in [2.75, 3.05) is 0 Å². The average molecular weight is 837 g/mol. The zero-order valence-corrected chi connectivity index (χ0v) is 33.2. The Hall–Kier alpha value is -7.40. The Morgan fingerprint density at radius 3 is 1.45 bits per heavy atom. The van der Waals surface area contributed by atoms with E-state index in [9.17, 15) is 30.7 Å². The summed E-state index contributed by atoms with van der Waals surface area (Å²) in [5, 5.41) is 1.29. The van der Waals surface area contributed by atoms with E-state index < -0.39 is 29.3 Å². The van der Waals surface area contributed by atoms with E-state index in [-0.39, 0.29) is 17.2 Å². The Labute approximate surface area is 352 Å². The molecule has 0 aliphatic carbocycles. The highest BCUT2D eigenvalue weighted by molar-refractivity contribution is 6.11. The van der Waals surface area contributed by atoms with E-state index in [1.54, 1.807) is 24.3 Å². The van der Waals surface area contributed by atoms with Crippen LogP contribution in [0.1, 0.15) is 25.0 Å². The topological polar surface area (TPSA) is 43.6 Å². The molecule has 0 aliphatic heterocycles. The number of para-hydroxylation sites is 1. The normalized spacial score (nSPS) is 11.9. The minimum absolute atomic E-state index is 0.121. The third-order valence-corrected chi connectivity index (χ3v) is 10.3. The van der Waals surface area contributed by atoms with Crippen molar-refractivity contribution >= 4 is 21.8 Å². The second-order valence-corrected chi connectivity index (χ2v) is 14.3.